The predicted octanol–water partition coefficient (Wildman–Crippen LogP) is 5.84. The quantitative estimate of drug-likeness (QED) is 0.420. The lowest BCUT2D eigenvalue weighted by atomic mass is 10.0. The van der Waals surface area contributed by atoms with Crippen LogP contribution in [0.15, 0.2) is 66.7 Å². The third kappa shape index (κ3) is 3.64. The number of hydrogen-bond acceptors (Lipinski definition) is 2. The average molecular weight is 377 g/mol. The van der Waals surface area contributed by atoms with Gasteiger partial charge in [0.1, 0.15) is 0 Å². The first-order valence-corrected chi connectivity index (χ1v) is 8.86. The smallest absolute Gasteiger partial charge is 0.308 e. The molecule has 0 aliphatic carbocycles. The van der Waals surface area contributed by atoms with Gasteiger partial charge in [-0.05, 0) is 36.8 Å². The summed E-state index contributed by atoms with van der Waals surface area (Å²) in [5.41, 5.74) is 4.48. The third-order valence-electron chi connectivity index (χ3n) is 4.28. The zero-order chi connectivity index (χ0) is 18.8. The van der Waals surface area contributed by atoms with E-state index in [1.165, 1.54) is 0 Å². The second-order valence-corrected chi connectivity index (χ2v) is 6.67. The van der Waals surface area contributed by atoms with E-state index >= 15 is 0 Å². The minimum atomic E-state index is -0.358. The predicted molar refractivity (Wildman–Crippen MR) is 110 cm³/mol. The molecule has 6 heteroatoms. The zero-order valence-corrected chi connectivity index (χ0v) is 15.3. The first kappa shape index (κ1) is 17.1. The highest BCUT2D eigenvalue weighted by molar-refractivity contribution is 6.34. The van der Waals surface area contributed by atoms with Crippen LogP contribution in [0.3, 0.4) is 0 Å². The van der Waals surface area contributed by atoms with E-state index in [1.54, 1.807) is 0 Å². The van der Waals surface area contributed by atoms with Gasteiger partial charge in [0.05, 0.1) is 10.5 Å². The molecule has 0 atom stereocenters. The van der Waals surface area contributed by atoms with Crippen molar-refractivity contribution in [1.29, 1.82) is 0 Å². The van der Waals surface area contributed by atoms with E-state index in [2.05, 4.69) is 20.8 Å². The fourth-order valence-corrected chi connectivity index (χ4v) is 3.15. The van der Waals surface area contributed by atoms with Gasteiger partial charge in [-0.25, -0.2) is 4.79 Å². The van der Waals surface area contributed by atoms with Crippen molar-refractivity contribution in [3.63, 3.8) is 0 Å². The van der Waals surface area contributed by atoms with Crippen LogP contribution in [-0.4, -0.2) is 16.2 Å². The van der Waals surface area contributed by atoms with E-state index < -0.39 is 0 Å². The molecular weight excluding hydrogens is 360 g/mol. The van der Waals surface area contributed by atoms with Crippen molar-refractivity contribution in [2.75, 3.05) is 10.6 Å². The number of urea groups is 1. The number of H-pyrrole nitrogens is 1. The summed E-state index contributed by atoms with van der Waals surface area (Å²) in [6, 6.07) is 20.8. The number of halogens is 1. The lowest BCUT2D eigenvalue weighted by molar-refractivity contribution is 0.262. The molecule has 4 rings (SSSR count). The summed E-state index contributed by atoms with van der Waals surface area (Å²) >= 11 is 6.43. The topological polar surface area (TPSA) is 69.8 Å². The first-order valence-electron chi connectivity index (χ1n) is 8.48. The Balaban J connectivity index is 1.62. The molecule has 27 heavy (non-hydrogen) atoms. The third-order valence-corrected chi connectivity index (χ3v) is 4.59. The molecule has 134 valence electrons. The lowest BCUT2D eigenvalue weighted by Crippen LogP contribution is -2.19. The van der Waals surface area contributed by atoms with Crippen molar-refractivity contribution in [2.45, 2.75) is 6.92 Å². The minimum Gasteiger partial charge on any atom is -0.308 e. The summed E-state index contributed by atoms with van der Waals surface area (Å²) in [5.74, 6) is 0.448. The van der Waals surface area contributed by atoms with Gasteiger partial charge in [-0.3, -0.25) is 10.4 Å². The number of nitrogens with zero attached hydrogens (tertiary/aromatic N) is 1. The van der Waals surface area contributed by atoms with Gasteiger partial charge in [-0.2, -0.15) is 5.10 Å². The van der Waals surface area contributed by atoms with Gasteiger partial charge in [-0.15, -0.1) is 0 Å². The molecule has 0 bridgehead atoms. The largest absolute Gasteiger partial charge is 0.324 e. The standard InChI is InChI=1S/C21H17ClN4O/c1-13-7-9-15(10-8-13)23-21(27)24-20-17-11-16(14-5-3-2-4-6-14)18(22)12-19(17)25-26-20/h2-12H,1H3,(H3,23,24,25,26,27). The Morgan fingerprint density at radius 1 is 1.00 bits per heavy atom. The average Bonchev–Trinajstić information content (AvgIpc) is 3.05. The summed E-state index contributed by atoms with van der Waals surface area (Å²) in [5, 5.41) is 14.1. The molecule has 1 aromatic heterocycles. The second kappa shape index (κ2) is 7.13. The highest BCUT2D eigenvalue weighted by atomic mass is 35.5. The zero-order valence-electron chi connectivity index (χ0n) is 14.6. The number of aromatic amines is 1. The SMILES string of the molecule is Cc1ccc(NC(=O)Nc2n[nH]c3cc(Cl)c(-c4ccccc4)cc23)cc1. The van der Waals surface area contributed by atoms with E-state index in [4.69, 9.17) is 11.6 Å². The number of carbonyl (C=O) groups excluding carboxylic acids is 1. The molecule has 0 spiro atoms. The van der Waals surface area contributed by atoms with Crippen molar-refractivity contribution in [1.82, 2.24) is 10.2 Å². The number of benzene rings is 3. The number of aromatic nitrogens is 2. The number of rotatable bonds is 3. The van der Waals surface area contributed by atoms with Gasteiger partial charge < -0.3 is 5.32 Å². The van der Waals surface area contributed by atoms with Crippen LogP contribution in [0.2, 0.25) is 5.02 Å². The molecular formula is C21H17ClN4O. The van der Waals surface area contributed by atoms with Gasteiger partial charge in [0.15, 0.2) is 5.82 Å². The molecule has 0 unspecified atom stereocenters. The van der Waals surface area contributed by atoms with Crippen molar-refractivity contribution >= 4 is 40.0 Å². The molecule has 0 radical (unpaired) electrons. The molecule has 0 aliphatic heterocycles. The van der Waals surface area contributed by atoms with Gasteiger partial charge in [0.25, 0.3) is 0 Å². The number of hydrogen-bond donors (Lipinski definition) is 3. The fourth-order valence-electron chi connectivity index (χ4n) is 2.88. The van der Waals surface area contributed by atoms with Gasteiger partial charge >= 0.3 is 6.03 Å². The van der Waals surface area contributed by atoms with Gasteiger partial charge in [0, 0.05) is 16.6 Å². The van der Waals surface area contributed by atoms with Crippen LogP contribution >= 0.6 is 11.6 Å². The number of carbonyl (C=O) groups is 1. The Labute approximate surface area is 161 Å². The Hall–Kier alpha value is -3.31. The number of nitrogens with one attached hydrogen (secondary N) is 3. The van der Waals surface area contributed by atoms with Crippen LogP contribution in [0.1, 0.15) is 5.56 Å². The number of anilines is 2. The Morgan fingerprint density at radius 3 is 2.48 bits per heavy atom. The summed E-state index contributed by atoms with van der Waals surface area (Å²) in [6.45, 7) is 2.00. The number of fused-ring (bicyclic) bond motifs is 1. The maximum atomic E-state index is 12.3. The molecule has 3 N–H and O–H groups in total. The second-order valence-electron chi connectivity index (χ2n) is 6.26. The fraction of sp³-hybridized carbons (Fsp3) is 0.0476. The van der Waals surface area contributed by atoms with Crippen molar-refractivity contribution in [2.24, 2.45) is 0 Å². The van der Waals surface area contributed by atoms with Crippen LogP contribution in [-0.2, 0) is 0 Å². The molecule has 5 nitrogen and oxygen atoms in total. The minimum absolute atomic E-state index is 0.358. The highest BCUT2D eigenvalue weighted by Crippen LogP contribution is 2.34. The molecule has 4 aromatic rings. The van der Waals surface area contributed by atoms with Crippen LogP contribution < -0.4 is 10.6 Å². The number of amides is 2. The number of aryl methyl sites for hydroxylation is 1. The first-order chi connectivity index (χ1) is 13.1. The van der Waals surface area contributed by atoms with E-state index in [-0.39, 0.29) is 6.03 Å². The Morgan fingerprint density at radius 2 is 1.74 bits per heavy atom. The Kier molecular flexibility index (Phi) is 4.52. The van der Waals surface area contributed by atoms with Crippen molar-refractivity contribution in [3.8, 4) is 11.1 Å². The summed E-state index contributed by atoms with van der Waals surface area (Å²) in [4.78, 5) is 12.3. The molecule has 2 amide bonds. The van der Waals surface area contributed by atoms with Crippen molar-refractivity contribution < 1.29 is 4.79 Å². The van der Waals surface area contributed by atoms with Gasteiger partial charge in [0.2, 0.25) is 0 Å². The lowest BCUT2D eigenvalue weighted by Gasteiger charge is -2.08. The summed E-state index contributed by atoms with van der Waals surface area (Å²) in [6.07, 6.45) is 0. The van der Waals surface area contributed by atoms with Crippen molar-refractivity contribution in [3.05, 3.63) is 77.3 Å². The van der Waals surface area contributed by atoms with E-state index in [0.29, 0.717) is 16.5 Å². The van der Waals surface area contributed by atoms with Crippen LogP contribution in [0.25, 0.3) is 22.0 Å². The van der Waals surface area contributed by atoms with E-state index in [0.717, 1.165) is 27.6 Å². The maximum absolute atomic E-state index is 12.3. The normalized spacial score (nSPS) is 10.7. The van der Waals surface area contributed by atoms with Crippen LogP contribution in [0.5, 0.6) is 0 Å². The van der Waals surface area contributed by atoms with Gasteiger partial charge in [-0.1, -0.05) is 59.6 Å². The molecule has 0 aliphatic rings. The maximum Gasteiger partial charge on any atom is 0.324 e. The molecule has 0 fully saturated rings. The van der Waals surface area contributed by atoms with Crippen LogP contribution in [0, 0.1) is 6.92 Å². The monoisotopic (exact) mass is 376 g/mol. The molecule has 0 saturated carbocycles. The van der Waals surface area contributed by atoms with E-state index in [1.807, 2.05) is 73.7 Å². The summed E-state index contributed by atoms with van der Waals surface area (Å²) in [7, 11) is 0. The van der Waals surface area contributed by atoms with Crippen LogP contribution in [0.4, 0.5) is 16.3 Å². The molecule has 0 saturated heterocycles. The molecule has 1 heterocycles. The molecule has 3 aromatic carbocycles. The van der Waals surface area contributed by atoms with E-state index in [9.17, 15) is 4.79 Å². The highest BCUT2D eigenvalue weighted by Gasteiger charge is 2.13. The Bertz CT molecular complexity index is 1100. The summed E-state index contributed by atoms with van der Waals surface area (Å²) < 4.78 is 0.